The lowest BCUT2D eigenvalue weighted by molar-refractivity contribution is 0.0520. The first-order chi connectivity index (χ1) is 17.3. The molecule has 0 spiro atoms. The van der Waals surface area contributed by atoms with Crippen molar-refractivity contribution in [3.8, 4) is 0 Å². The zero-order chi connectivity index (χ0) is 26.7. The van der Waals surface area contributed by atoms with Crippen LogP contribution in [-0.2, 0) is 20.2 Å². The van der Waals surface area contributed by atoms with Crippen LogP contribution in [0.5, 0.6) is 0 Å². The predicted molar refractivity (Wildman–Crippen MR) is 156 cm³/mol. The maximum Gasteiger partial charge on any atom is 0.356 e. The molecular weight excluding hydrogens is 536 g/mol. The number of halogens is 2. The van der Waals surface area contributed by atoms with Gasteiger partial charge in [0, 0.05) is 32.6 Å². The Balaban J connectivity index is 0.000000830. The van der Waals surface area contributed by atoms with Gasteiger partial charge in [-0.05, 0) is 57.5 Å². The average molecular weight is 569 g/mol. The number of allylic oxidation sites excluding steroid dienone is 2. The van der Waals surface area contributed by atoms with Crippen LogP contribution in [0.4, 0.5) is 0 Å². The van der Waals surface area contributed by atoms with Crippen molar-refractivity contribution in [3.63, 3.8) is 0 Å². The average Bonchev–Trinajstić information content (AvgIpc) is 3.18. The molecule has 36 heavy (non-hydrogen) atoms. The minimum atomic E-state index is -1.58. The third-order valence-electron chi connectivity index (χ3n) is 4.77. The van der Waals surface area contributed by atoms with Gasteiger partial charge in [0.25, 0.3) is 0 Å². The Morgan fingerprint density at radius 2 is 1.83 bits per heavy atom. The molecule has 3 aromatic rings. The highest BCUT2D eigenvalue weighted by Gasteiger charge is 2.33. The molecule has 0 amide bonds. The molecule has 9 heteroatoms. The van der Waals surface area contributed by atoms with Crippen molar-refractivity contribution < 1.29 is 18.3 Å². The minimum Gasteiger partial charge on any atom is -0.461 e. The monoisotopic (exact) mass is 567 g/mol. The van der Waals surface area contributed by atoms with Gasteiger partial charge in [-0.3, -0.25) is 3.97 Å². The number of hydrogen-bond donors (Lipinski definition) is 0. The lowest BCUT2D eigenvalue weighted by Crippen LogP contribution is -2.25. The molecule has 5 nitrogen and oxygen atoms in total. The number of rotatable bonds is 10. The Kier molecular flexibility index (Phi) is 12.9. The first-order valence-electron chi connectivity index (χ1n) is 11.6. The standard InChI is InChI=1S/C22H22Cl2NO4PS.C5H10/c1-4-12-31(27)25-19-11-10-16(24)14-18(19)21(20(25)22(26)28-5-2)30(29-6-3)17-9-7-8-15(23)13-17;1-3-5-4-2/h4,7-11,13-14H,1,5-6,12H2,2-3H3;3,5H,4H2,1-2H3/b;5-3-. The Hall–Kier alpha value is -1.95. The largest absolute Gasteiger partial charge is 0.461 e. The second kappa shape index (κ2) is 15.3. The first-order valence-corrected chi connectivity index (χ1v) is 14.9. The summed E-state index contributed by atoms with van der Waals surface area (Å²) >= 11 is 12.6. The smallest absolute Gasteiger partial charge is 0.356 e. The number of benzene rings is 2. The lowest BCUT2D eigenvalue weighted by Gasteiger charge is -2.19. The van der Waals surface area contributed by atoms with E-state index in [2.05, 4.69) is 25.7 Å². The predicted octanol–water partition coefficient (Wildman–Crippen LogP) is 7.18. The van der Waals surface area contributed by atoms with Gasteiger partial charge in [0.1, 0.15) is 11.0 Å². The van der Waals surface area contributed by atoms with Crippen molar-refractivity contribution >= 4 is 69.8 Å². The van der Waals surface area contributed by atoms with Gasteiger partial charge in [-0.2, -0.15) is 0 Å². The molecule has 0 radical (unpaired) electrons. The Morgan fingerprint density at radius 1 is 1.11 bits per heavy atom. The molecule has 0 aliphatic carbocycles. The summed E-state index contributed by atoms with van der Waals surface area (Å²) in [6.07, 6.45) is 6.89. The van der Waals surface area contributed by atoms with E-state index in [4.69, 9.17) is 32.5 Å². The van der Waals surface area contributed by atoms with E-state index in [1.165, 1.54) is 3.97 Å². The molecule has 1 heterocycles. The van der Waals surface area contributed by atoms with Crippen LogP contribution in [-0.4, -0.2) is 33.1 Å². The van der Waals surface area contributed by atoms with Crippen LogP contribution in [0.1, 0.15) is 44.6 Å². The molecule has 2 atom stereocenters. The fourth-order valence-corrected chi connectivity index (χ4v) is 7.08. The number of aromatic nitrogens is 1. The van der Waals surface area contributed by atoms with Gasteiger partial charge in [-0.1, -0.05) is 60.5 Å². The van der Waals surface area contributed by atoms with E-state index < -0.39 is 25.1 Å². The van der Waals surface area contributed by atoms with E-state index in [1.54, 1.807) is 37.3 Å². The normalized spacial score (nSPS) is 12.7. The molecule has 0 saturated carbocycles. The Labute approximate surface area is 227 Å². The second-order valence-corrected chi connectivity index (χ2v) is 11.3. The molecule has 0 aliphatic heterocycles. The van der Waals surface area contributed by atoms with Gasteiger partial charge in [0.15, 0.2) is 5.69 Å². The topological polar surface area (TPSA) is 57.5 Å². The summed E-state index contributed by atoms with van der Waals surface area (Å²) in [6.45, 7) is 12.0. The number of carbonyl (C=O) groups excluding carboxylic acids is 1. The summed E-state index contributed by atoms with van der Waals surface area (Å²) in [4.78, 5) is 13.1. The molecule has 194 valence electrons. The van der Waals surface area contributed by atoms with Crippen molar-refractivity contribution in [3.05, 3.63) is 83.0 Å². The third kappa shape index (κ3) is 7.53. The van der Waals surface area contributed by atoms with Gasteiger partial charge in [0.2, 0.25) is 0 Å². The van der Waals surface area contributed by atoms with Gasteiger partial charge in [-0.25, -0.2) is 9.00 Å². The van der Waals surface area contributed by atoms with E-state index in [0.29, 0.717) is 32.9 Å². The molecule has 0 saturated heterocycles. The number of carbonyl (C=O) groups is 1. The summed E-state index contributed by atoms with van der Waals surface area (Å²) in [5.41, 5.74) is 0.802. The molecule has 2 unspecified atom stereocenters. The molecule has 0 fully saturated rings. The van der Waals surface area contributed by atoms with Crippen LogP contribution in [0.2, 0.25) is 10.0 Å². The van der Waals surface area contributed by atoms with Crippen molar-refractivity contribution in [2.24, 2.45) is 0 Å². The van der Waals surface area contributed by atoms with Gasteiger partial charge in [0.05, 0.1) is 26.0 Å². The van der Waals surface area contributed by atoms with Crippen LogP contribution >= 0.6 is 31.4 Å². The maximum atomic E-state index is 13.2. The molecule has 0 bridgehead atoms. The quantitative estimate of drug-likeness (QED) is 0.148. The van der Waals surface area contributed by atoms with Crippen molar-refractivity contribution in [1.29, 1.82) is 0 Å². The zero-order valence-electron chi connectivity index (χ0n) is 21.0. The summed E-state index contributed by atoms with van der Waals surface area (Å²) in [5.74, 6) is -0.404. The van der Waals surface area contributed by atoms with Crippen molar-refractivity contribution in [2.75, 3.05) is 19.0 Å². The molecule has 0 aliphatic rings. The second-order valence-electron chi connectivity index (χ2n) is 7.32. The maximum absolute atomic E-state index is 13.2. The molecular formula is C27H32Cl2NO4PS. The fraction of sp³-hybridized carbons (Fsp3) is 0.296. The molecule has 3 rings (SSSR count). The summed E-state index contributed by atoms with van der Waals surface area (Å²) in [6, 6.07) is 12.5. The summed E-state index contributed by atoms with van der Waals surface area (Å²) in [7, 11) is -3.06. The molecule has 1 aromatic heterocycles. The van der Waals surface area contributed by atoms with Gasteiger partial charge in [-0.15, -0.1) is 6.58 Å². The summed E-state index contributed by atoms with van der Waals surface area (Å²) in [5, 5.41) is 3.16. The number of hydrogen-bond acceptors (Lipinski definition) is 4. The van der Waals surface area contributed by atoms with Crippen LogP contribution in [0.3, 0.4) is 0 Å². The van der Waals surface area contributed by atoms with Crippen molar-refractivity contribution in [1.82, 2.24) is 3.97 Å². The van der Waals surface area contributed by atoms with Crippen LogP contribution in [0.15, 0.2) is 67.3 Å². The first kappa shape index (κ1) is 30.3. The minimum absolute atomic E-state index is 0.169. The third-order valence-corrected chi connectivity index (χ3v) is 8.67. The van der Waals surface area contributed by atoms with Crippen LogP contribution < -0.4 is 10.6 Å². The van der Waals surface area contributed by atoms with E-state index >= 15 is 0 Å². The van der Waals surface area contributed by atoms with E-state index in [-0.39, 0.29) is 18.1 Å². The Bertz CT molecular complexity index is 1240. The van der Waals surface area contributed by atoms with Gasteiger partial charge < -0.3 is 9.26 Å². The molecule has 0 N–H and O–H groups in total. The number of fused-ring (bicyclic) bond motifs is 1. The van der Waals surface area contributed by atoms with Crippen LogP contribution in [0, 0.1) is 0 Å². The highest BCUT2D eigenvalue weighted by atomic mass is 35.5. The van der Waals surface area contributed by atoms with E-state index in [9.17, 15) is 9.00 Å². The van der Waals surface area contributed by atoms with E-state index in [0.717, 1.165) is 11.7 Å². The molecule has 2 aromatic carbocycles. The SMILES string of the molecule is C/C=C\CC.C=CCS(=O)n1c(C(=O)OCC)c(P(OCC)c2cccc(Cl)c2)c2cc(Cl)ccc21. The zero-order valence-corrected chi connectivity index (χ0v) is 24.2. The number of esters is 1. The van der Waals surface area contributed by atoms with E-state index in [1.807, 2.05) is 32.0 Å². The Morgan fingerprint density at radius 3 is 2.39 bits per heavy atom. The number of nitrogens with zero attached hydrogens (tertiary/aromatic N) is 1. The van der Waals surface area contributed by atoms with Crippen LogP contribution in [0.25, 0.3) is 10.9 Å². The van der Waals surface area contributed by atoms with Gasteiger partial charge >= 0.3 is 5.97 Å². The fourth-order valence-electron chi connectivity index (χ4n) is 3.43. The highest BCUT2D eigenvalue weighted by Crippen LogP contribution is 2.41. The van der Waals surface area contributed by atoms with Crippen molar-refractivity contribution in [2.45, 2.75) is 34.1 Å². The number of ether oxygens (including phenoxy) is 1. The highest BCUT2D eigenvalue weighted by molar-refractivity contribution is 7.84. The summed E-state index contributed by atoms with van der Waals surface area (Å²) < 4.78 is 26.2. The lowest BCUT2D eigenvalue weighted by atomic mass is 10.2.